The highest BCUT2D eigenvalue weighted by Gasteiger charge is 2.17. The fraction of sp³-hybridized carbons (Fsp3) is 0.115. The van der Waals surface area contributed by atoms with Crippen LogP contribution in [0.1, 0.15) is 16.8 Å². The van der Waals surface area contributed by atoms with Crippen molar-refractivity contribution in [3.8, 4) is 16.6 Å². The van der Waals surface area contributed by atoms with Gasteiger partial charge < -0.3 is 9.47 Å². The molecule has 6 rings (SSSR count). The Morgan fingerprint density at radius 1 is 1.11 bits per heavy atom. The molecule has 0 spiro atoms. The molecule has 10 heteroatoms. The van der Waals surface area contributed by atoms with Crippen molar-refractivity contribution in [3.63, 3.8) is 0 Å². The summed E-state index contributed by atoms with van der Waals surface area (Å²) < 4.78 is 13.3. The summed E-state index contributed by atoms with van der Waals surface area (Å²) >= 11 is 9.09. The summed E-state index contributed by atoms with van der Waals surface area (Å²) in [4.78, 5) is 23.7. The lowest BCUT2D eigenvalue weighted by atomic mass is 10.2. The normalized spacial score (nSPS) is 12.7. The number of aromatic nitrogens is 3. The van der Waals surface area contributed by atoms with Gasteiger partial charge in [0.25, 0.3) is 5.56 Å². The zero-order valence-corrected chi connectivity index (χ0v) is 21.2. The van der Waals surface area contributed by atoms with Gasteiger partial charge in [-0.3, -0.25) is 14.9 Å². The van der Waals surface area contributed by atoms with E-state index in [2.05, 4.69) is 15.1 Å². The maximum atomic E-state index is 13.5. The van der Waals surface area contributed by atoms with E-state index in [4.69, 9.17) is 21.1 Å². The van der Waals surface area contributed by atoms with Crippen LogP contribution >= 0.6 is 34.7 Å². The molecule has 1 aliphatic heterocycles. The van der Waals surface area contributed by atoms with Crippen molar-refractivity contribution in [1.82, 2.24) is 14.8 Å². The van der Waals surface area contributed by atoms with E-state index in [-0.39, 0.29) is 12.4 Å². The largest absolute Gasteiger partial charge is 0.454 e. The molecule has 1 N–H and O–H groups in total. The third kappa shape index (κ3) is 4.65. The minimum atomic E-state index is -0.185. The first-order valence-electron chi connectivity index (χ1n) is 11.1. The number of nitrogens with one attached hydrogen (secondary N) is 1. The maximum absolute atomic E-state index is 13.5. The second-order valence-electron chi connectivity index (χ2n) is 8.01. The number of thioether (sulfide) groups is 1. The number of hydrogen-bond acceptors (Lipinski definition) is 7. The maximum Gasteiger partial charge on any atom is 0.282 e. The SMILES string of the molecule is O=c1c(C=NCc2ccc3c(c2)OCO3)c(CSc2ccc(Cl)cc2)[nH]n1-c1nc2ccccc2s1. The predicted octanol–water partition coefficient (Wildman–Crippen LogP) is 6.07. The lowest BCUT2D eigenvalue weighted by Gasteiger charge is -2.02. The third-order valence-corrected chi connectivity index (χ3v) is 7.92. The van der Waals surface area contributed by atoms with E-state index in [0.29, 0.717) is 33.8 Å². The smallest absolute Gasteiger partial charge is 0.282 e. The first-order valence-corrected chi connectivity index (χ1v) is 13.3. The van der Waals surface area contributed by atoms with Gasteiger partial charge in [0, 0.05) is 21.9 Å². The van der Waals surface area contributed by atoms with Gasteiger partial charge in [-0.15, -0.1) is 11.8 Å². The highest BCUT2D eigenvalue weighted by molar-refractivity contribution is 7.98. The lowest BCUT2D eigenvalue weighted by Crippen LogP contribution is -2.17. The molecule has 3 heterocycles. The molecule has 5 aromatic rings. The number of fused-ring (bicyclic) bond motifs is 2. The average Bonchev–Trinajstić information content (AvgIpc) is 3.61. The molecule has 0 atom stereocenters. The third-order valence-electron chi connectivity index (χ3n) is 5.61. The van der Waals surface area contributed by atoms with Gasteiger partial charge in [-0.2, -0.15) is 4.68 Å². The standard InChI is InChI=1S/C26H19ClN4O3S2/c27-17-6-8-18(9-7-17)35-14-21-19(13-28-12-16-5-10-22-23(11-16)34-15-33-22)25(32)31(30-21)26-29-20-3-1-2-4-24(20)36-26/h1-11,13,30H,12,14-15H2. The zero-order valence-electron chi connectivity index (χ0n) is 18.8. The van der Waals surface area contributed by atoms with Crippen molar-refractivity contribution in [2.24, 2.45) is 4.99 Å². The Hall–Kier alpha value is -3.53. The van der Waals surface area contributed by atoms with E-state index in [9.17, 15) is 4.79 Å². The second-order valence-corrected chi connectivity index (χ2v) is 10.5. The van der Waals surface area contributed by atoms with Gasteiger partial charge in [-0.25, -0.2) is 4.98 Å². The number of ether oxygens (including phenoxy) is 2. The number of halogens is 1. The second kappa shape index (κ2) is 9.85. The van der Waals surface area contributed by atoms with Crippen LogP contribution in [-0.2, 0) is 12.3 Å². The Morgan fingerprint density at radius 3 is 2.81 bits per heavy atom. The molecule has 0 unspecified atom stereocenters. The number of H-pyrrole nitrogens is 1. The van der Waals surface area contributed by atoms with Gasteiger partial charge in [-0.1, -0.05) is 41.1 Å². The van der Waals surface area contributed by atoms with E-state index < -0.39 is 0 Å². The van der Waals surface area contributed by atoms with Gasteiger partial charge in [0.2, 0.25) is 11.9 Å². The van der Waals surface area contributed by atoms with E-state index >= 15 is 0 Å². The van der Waals surface area contributed by atoms with Crippen LogP contribution in [0.2, 0.25) is 5.02 Å². The van der Waals surface area contributed by atoms with Gasteiger partial charge in [0.15, 0.2) is 11.5 Å². The number of para-hydroxylation sites is 1. The molecular weight excluding hydrogens is 516 g/mol. The minimum absolute atomic E-state index is 0.185. The molecule has 1 aliphatic rings. The van der Waals surface area contributed by atoms with Crippen LogP contribution < -0.4 is 15.0 Å². The summed E-state index contributed by atoms with van der Waals surface area (Å²) in [6.07, 6.45) is 1.64. The molecule has 0 bridgehead atoms. The Bertz CT molecular complexity index is 1610. The first-order chi connectivity index (χ1) is 17.6. The summed E-state index contributed by atoms with van der Waals surface area (Å²) in [6, 6.07) is 21.2. The fourth-order valence-corrected chi connectivity index (χ4v) is 5.71. The Morgan fingerprint density at radius 2 is 1.94 bits per heavy atom. The number of rotatable bonds is 7. The summed E-state index contributed by atoms with van der Waals surface area (Å²) in [7, 11) is 0. The number of aliphatic imine (C=N–C) groups is 1. The molecule has 0 radical (unpaired) electrons. The van der Waals surface area contributed by atoms with Gasteiger partial charge in [-0.05, 0) is 54.1 Å². The number of nitrogens with zero attached hydrogens (tertiary/aromatic N) is 3. The van der Waals surface area contributed by atoms with Gasteiger partial charge in [0.1, 0.15) is 0 Å². The van der Waals surface area contributed by atoms with Crippen LogP contribution in [0.25, 0.3) is 15.3 Å². The molecule has 0 aliphatic carbocycles. The molecule has 180 valence electrons. The first kappa shape index (κ1) is 22.9. The highest BCUT2D eigenvalue weighted by Crippen LogP contribution is 2.32. The van der Waals surface area contributed by atoms with Crippen LogP contribution in [0.5, 0.6) is 11.5 Å². The van der Waals surface area contributed by atoms with Crippen molar-refractivity contribution in [1.29, 1.82) is 0 Å². The van der Waals surface area contributed by atoms with Crippen LogP contribution in [0, 0.1) is 0 Å². The fourth-order valence-electron chi connectivity index (χ4n) is 3.80. The van der Waals surface area contributed by atoms with Crippen LogP contribution in [0.3, 0.4) is 0 Å². The van der Waals surface area contributed by atoms with Gasteiger partial charge >= 0.3 is 0 Å². The molecule has 0 saturated heterocycles. The lowest BCUT2D eigenvalue weighted by molar-refractivity contribution is 0.174. The Kier molecular flexibility index (Phi) is 6.27. The summed E-state index contributed by atoms with van der Waals surface area (Å²) in [5.74, 6) is 2.00. The molecule has 2 aromatic heterocycles. The van der Waals surface area contributed by atoms with Crippen molar-refractivity contribution in [3.05, 3.63) is 98.9 Å². The monoisotopic (exact) mass is 534 g/mol. The number of thiazole rings is 1. The van der Waals surface area contributed by atoms with Crippen molar-refractivity contribution >= 4 is 51.1 Å². The summed E-state index contributed by atoms with van der Waals surface area (Å²) in [5, 5.41) is 4.55. The molecule has 3 aromatic carbocycles. The Balaban J connectivity index is 1.31. The van der Waals surface area contributed by atoms with Crippen LogP contribution in [0.15, 0.2) is 81.4 Å². The topological polar surface area (TPSA) is 81.5 Å². The van der Waals surface area contributed by atoms with E-state index in [1.165, 1.54) is 16.0 Å². The van der Waals surface area contributed by atoms with Crippen LogP contribution in [0.4, 0.5) is 0 Å². The molecule has 0 fully saturated rings. The molecule has 7 nitrogen and oxygen atoms in total. The average molecular weight is 535 g/mol. The highest BCUT2D eigenvalue weighted by atomic mass is 35.5. The molecular formula is C26H19ClN4O3S2. The predicted molar refractivity (Wildman–Crippen MR) is 144 cm³/mol. The molecule has 36 heavy (non-hydrogen) atoms. The number of aromatic amines is 1. The molecule has 0 amide bonds. The quantitative estimate of drug-likeness (QED) is 0.202. The van der Waals surface area contributed by atoms with E-state index in [0.717, 1.165) is 32.1 Å². The Labute approximate surface area is 219 Å². The van der Waals surface area contributed by atoms with Crippen LogP contribution in [-0.4, -0.2) is 27.8 Å². The summed E-state index contributed by atoms with van der Waals surface area (Å²) in [6.45, 7) is 0.636. The van der Waals surface area contributed by atoms with Crippen molar-refractivity contribution in [2.45, 2.75) is 17.2 Å². The molecule has 0 saturated carbocycles. The minimum Gasteiger partial charge on any atom is -0.454 e. The summed E-state index contributed by atoms with van der Waals surface area (Å²) in [5.41, 5.74) is 2.92. The van der Waals surface area contributed by atoms with Gasteiger partial charge in [0.05, 0.1) is 28.0 Å². The zero-order chi connectivity index (χ0) is 24.5. The number of hydrogen-bond donors (Lipinski definition) is 1. The number of benzene rings is 3. The van der Waals surface area contributed by atoms with Crippen molar-refractivity contribution < 1.29 is 9.47 Å². The van der Waals surface area contributed by atoms with Crippen molar-refractivity contribution in [2.75, 3.05) is 6.79 Å². The van der Waals surface area contributed by atoms with E-state index in [1.807, 2.05) is 66.7 Å². The van der Waals surface area contributed by atoms with E-state index in [1.54, 1.807) is 18.0 Å².